The fourth-order valence-corrected chi connectivity index (χ4v) is 12.1. The zero-order valence-electron chi connectivity index (χ0n) is 27.5. The number of methoxy groups -OCH3 is 3. The molecule has 1 saturated heterocycles. The van der Waals surface area contributed by atoms with E-state index in [4.69, 9.17) is 14.2 Å². The molecule has 0 saturated carbocycles. The molecule has 1 aliphatic heterocycles. The van der Waals surface area contributed by atoms with Crippen molar-refractivity contribution < 1.29 is 24.2 Å². The molecule has 1 fully saturated rings. The Labute approximate surface area is 264 Å². The fraction of sp³-hybridized carbons (Fsp3) is 0.472. The summed E-state index contributed by atoms with van der Waals surface area (Å²) < 4.78 is 17.1. The van der Waals surface area contributed by atoms with Gasteiger partial charge in [-0.2, -0.15) is 0 Å². The topological polar surface area (TPSA) is 80.3 Å². The molecular weight excluding hydrogens is 571 g/mol. The van der Waals surface area contributed by atoms with Crippen molar-refractivity contribution in [3.8, 4) is 17.2 Å². The maximum atomic E-state index is 13.0. The van der Waals surface area contributed by atoms with E-state index in [1.165, 1.54) is 21.0 Å². The first-order valence-electron chi connectivity index (χ1n) is 15.7. The van der Waals surface area contributed by atoms with E-state index in [1.807, 2.05) is 45.9 Å². The number of hydrogen-bond donors (Lipinski definition) is 2. The van der Waals surface area contributed by atoms with Crippen LogP contribution in [0.25, 0.3) is 0 Å². The Hall–Kier alpha value is -3.12. The number of amides is 1. The Bertz CT molecular complexity index is 1270. The quantitative estimate of drug-likeness (QED) is 0.185. The fourth-order valence-electron chi connectivity index (χ4n) is 7.12. The second-order valence-corrected chi connectivity index (χ2v) is 17.3. The molecule has 2 N–H and O–H groups in total. The van der Waals surface area contributed by atoms with Crippen molar-refractivity contribution in [3.63, 3.8) is 0 Å². The molecule has 0 bridgehead atoms. The standard InChI is InChI=1S/C36H51N2O5P/c1-35(2)25-27(26-36(3,4)38(35)40)37-34(39)20-9-8-10-21-44(31-17-11-14-28(22-31)41-5,32-18-12-15-29(23-32)42-6)33-19-13-16-30(24-33)43-7/h11-19,22-24,27,40,44H,8-10,20-21,25-26H2,1-7H3,(H,37,39). The molecule has 3 aromatic carbocycles. The Kier molecular flexibility index (Phi) is 11.0. The second-order valence-electron chi connectivity index (χ2n) is 13.3. The zero-order chi connectivity index (χ0) is 32.0. The zero-order valence-corrected chi connectivity index (χ0v) is 28.5. The van der Waals surface area contributed by atoms with E-state index < -0.39 is 18.3 Å². The first-order valence-corrected chi connectivity index (χ1v) is 17.9. The van der Waals surface area contributed by atoms with Gasteiger partial charge in [0.15, 0.2) is 0 Å². The number of benzene rings is 3. The van der Waals surface area contributed by atoms with Gasteiger partial charge in [0.25, 0.3) is 0 Å². The molecule has 0 unspecified atom stereocenters. The number of hydroxylamine groups is 2. The van der Waals surface area contributed by atoms with Gasteiger partial charge in [0.05, 0.1) is 0 Å². The van der Waals surface area contributed by atoms with Crippen LogP contribution in [0.5, 0.6) is 17.2 Å². The van der Waals surface area contributed by atoms with Gasteiger partial charge in [-0.3, -0.25) is 0 Å². The number of nitrogens with zero attached hydrogens (tertiary/aromatic N) is 1. The Morgan fingerprint density at radius 2 is 1.20 bits per heavy atom. The number of rotatable bonds is 13. The summed E-state index contributed by atoms with van der Waals surface area (Å²) in [6.07, 6.45) is 5.60. The number of ether oxygens (including phenoxy) is 3. The van der Waals surface area contributed by atoms with Crippen molar-refractivity contribution in [2.75, 3.05) is 27.5 Å². The SMILES string of the molecule is COc1cccc([PH](CCCCCC(=O)NC2CC(C)(C)N(O)C(C)(C)C2)(c2cccc(OC)c2)c2cccc(OC)c2)c1. The van der Waals surface area contributed by atoms with E-state index in [9.17, 15) is 10.0 Å². The molecule has 44 heavy (non-hydrogen) atoms. The van der Waals surface area contributed by atoms with Crippen molar-refractivity contribution in [2.24, 2.45) is 0 Å². The summed E-state index contributed by atoms with van der Waals surface area (Å²) in [6.45, 7) is 8.10. The predicted octanol–water partition coefficient (Wildman–Crippen LogP) is 5.83. The average molecular weight is 623 g/mol. The number of unbranched alkanes of at least 4 members (excludes halogenated alkanes) is 2. The predicted molar refractivity (Wildman–Crippen MR) is 182 cm³/mol. The third-order valence-electron chi connectivity index (χ3n) is 9.15. The Morgan fingerprint density at radius 1 is 0.773 bits per heavy atom. The summed E-state index contributed by atoms with van der Waals surface area (Å²) in [5.41, 5.74) is -0.790. The van der Waals surface area contributed by atoms with Crippen molar-refractivity contribution in [3.05, 3.63) is 72.8 Å². The van der Waals surface area contributed by atoms with Crippen LogP contribution in [0.15, 0.2) is 72.8 Å². The summed E-state index contributed by atoms with van der Waals surface area (Å²) in [4.78, 5) is 13.0. The molecule has 8 heteroatoms. The number of piperidine rings is 1. The molecule has 1 aliphatic rings. The first-order chi connectivity index (χ1) is 20.9. The van der Waals surface area contributed by atoms with E-state index in [2.05, 4.69) is 59.9 Å². The van der Waals surface area contributed by atoms with Gasteiger partial charge < -0.3 is 0 Å². The van der Waals surface area contributed by atoms with Gasteiger partial charge >= 0.3 is 265 Å². The summed E-state index contributed by atoms with van der Waals surface area (Å²) in [7, 11) is 2.54. The van der Waals surface area contributed by atoms with Gasteiger partial charge in [-0.15, -0.1) is 0 Å². The van der Waals surface area contributed by atoms with Crippen molar-refractivity contribution in [1.82, 2.24) is 10.4 Å². The van der Waals surface area contributed by atoms with Crippen LogP contribution in [0.1, 0.15) is 66.2 Å². The van der Waals surface area contributed by atoms with E-state index in [0.717, 1.165) is 42.7 Å². The second kappa shape index (κ2) is 14.3. The number of nitrogens with one attached hydrogen (secondary N) is 1. The summed E-state index contributed by atoms with van der Waals surface area (Å²) >= 11 is 0. The minimum absolute atomic E-state index is 0.0464. The molecule has 7 nitrogen and oxygen atoms in total. The summed E-state index contributed by atoms with van der Waals surface area (Å²) in [6, 6.07) is 25.5. The summed E-state index contributed by atoms with van der Waals surface area (Å²) in [5.74, 6) is 2.59. The van der Waals surface area contributed by atoms with Crippen molar-refractivity contribution in [2.45, 2.75) is 83.3 Å². The van der Waals surface area contributed by atoms with Gasteiger partial charge in [0.2, 0.25) is 0 Å². The van der Waals surface area contributed by atoms with E-state index >= 15 is 0 Å². The van der Waals surface area contributed by atoms with Crippen molar-refractivity contribution >= 4 is 29.1 Å². The molecule has 1 heterocycles. The van der Waals surface area contributed by atoms with Crippen LogP contribution in [0.2, 0.25) is 0 Å². The Balaban J connectivity index is 1.55. The van der Waals surface area contributed by atoms with E-state index in [-0.39, 0.29) is 11.9 Å². The molecule has 0 atom stereocenters. The number of carbonyl (C=O) groups excluding carboxylic acids is 1. The normalized spacial score (nSPS) is 17.1. The van der Waals surface area contributed by atoms with Crippen LogP contribution in [0.3, 0.4) is 0 Å². The van der Waals surface area contributed by atoms with Crippen LogP contribution in [0, 0.1) is 0 Å². The first kappa shape index (κ1) is 33.8. The molecule has 0 aromatic heterocycles. The average Bonchev–Trinajstić information content (AvgIpc) is 3.01. The molecule has 1 amide bonds. The van der Waals surface area contributed by atoms with Gasteiger partial charge in [-0.05, 0) is 0 Å². The minimum atomic E-state index is -2.59. The van der Waals surface area contributed by atoms with Crippen LogP contribution < -0.4 is 35.4 Å². The molecule has 4 rings (SSSR count). The van der Waals surface area contributed by atoms with E-state index in [1.54, 1.807) is 21.3 Å². The Morgan fingerprint density at radius 3 is 1.61 bits per heavy atom. The molecular formula is C36H51N2O5P. The number of hydrogen-bond acceptors (Lipinski definition) is 6. The molecule has 0 spiro atoms. The van der Waals surface area contributed by atoms with Gasteiger partial charge in [0.1, 0.15) is 0 Å². The number of carbonyl (C=O) groups is 1. The van der Waals surface area contributed by atoms with Crippen LogP contribution in [-0.4, -0.2) is 60.8 Å². The van der Waals surface area contributed by atoms with Gasteiger partial charge in [-0.1, -0.05) is 0 Å². The van der Waals surface area contributed by atoms with Gasteiger partial charge in [0, 0.05) is 0 Å². The molecule has 0 radical (unpaired) electrons. The summed E-state index contributed by atoms with van der Waals surface area (Å²) in [5, 5.41) is 19.1. The van der Waals surface area contributed by atoms with Crippen LogP contribution in [0.4, 0.5) is 0 Å². The molecule has 3 aromatic rings. The van der Waals surface area contributed by atoms with Crippen LogP contribution in [-0.2, 0) is 4.79 Å². The third kappa shape index (κ3) is 7.56. The maximum absolute atomic E-state index is 13.0. The van der Waals surface area contributed by atoms with E-state index in [0.29, 0.717) is 19.3 Å². The monoisotopic (exact) mass is 622 g/mol. The molecule has 240 valence electrons. The van der Waals surface area contributed by atoms with Crippen LogP contribution >= 0.6 is 7.26 Å². The van der Waals surface area contributed by atoms with Gasteiger partial charge in [-0.25, -0.2) is 0 Å². The molecule has 0 aliphatic carbocycles. The van der Waals surface area contributed by atoms with Crippen molar-refractivity contribution in [1.29, 1.82) is 0 Å². The third-order valence-corrected chi connectivity index (χ3v) is 14.1.